The van der Waals surface area contributed by atoms with Crippen molar-refractivity contribution in [3.8, 4) is 5.75 Å². The smallest absolute Gasteiger partial charge is 0.165 e. The summed E-state index contributed by atoms with van der Waals surface area (Å²) < 4.78 is 5.14. The highest BCUT2D eigenvalue weighted by Gasteiger charge is 2.02. The zero-order chi connectivity index (χ0) is 15.9. The van der Waals surface area contributed by atoms with Crippen molar-refractivity contribution in [2.75, 3.05) is 12.5 Å². The number of anilines is 1. The number of aromatic nitrogens is 1. The molecule has 0 aliphatic carbocycles. The molecule has 0 spiro atoms. The van der Waals surface area contributed by atoms with Crippen LogP contribution in [0, 0.1) is 0 Å². The van der Waals surface area contributed by atoms with Crippen LogP contribution in [0.3, 0.4) is 0 Å². The van der Waals surface area contributed by atoms with E-state index in [1.165, 1.54) is 11.8 Å². The second kappa shape index (κ2) is 8.01. The first-order valence-electron chi connectivity index (χ1n) is 6.81. The Morgan fingerprint density at radius 3 is 2.64 bits per heavy atom. The van der Waals surface area contributed by atoms with Crippen LogP contribution in [0.5, 0.6) is 5.75 Å². The highest BCUT2D eigenvalue weighted by molar-refractivity contribution is 6.35. The summed E-state index contributed by atoms with van der Waals surface area (Å²) in [6.45, 7) is 1.96. The Labute approximate surface area is 140 Å². The summed E-state index contributed by atoms with van der Waals surface area (Å²) in [5, 5.41) is 5.23. The van der Waals surface area contributed by atoms with E-state index in [0.717, 1.165) is 24.3 Å². The van der Waals surface area contributed by atoms with E-state index in [9.17, 15) is 0 Å². The van der Waals surface area contributed by atoms with E-state index in [4.69, 9.17) is 27.9 Å². The SMILES string of the molecule is COc1ccc(CC/C(C)=N\Nc2ncc(Cl)cc2Cl)cc1. The zero-order valence-electron chi connectivity index (χ0n) is 12.4. The third-order valence-electron chi connectivity index (χ3n) is 3.10. The number of hydrogen-bond donors (Lipinski definition) is 1. The Balaban J connectivity index is 1.89. The molecule has 0 aliphatic rings. The molecule has 0 fully saturated rings. The molecule has 1 heterocycles. The van der Waals surface area contributed by atoms with Crippen molar-refractivity contribution in [2.24, 2.45) is 5.10 Å². The van der Waals surface area contributed by atoms with Gasteiger partial charge in [-0.05, 0) is 43.5 Å². The molecule has 0 aliphatic heterocycles. The lowest BCUT2D eigenvalue weighted by molar-refractivity contribution is 0.414. The molecular weight excluding hydrogens is 321 g/mol. The van der Waals surface area contributed by atoms with Crippen molar-refractivity contribution in [3.63, 3.8) is 0 Å². The van der Waals surface area contributed by atoms with Crippen molar-refractivity contribution in [1.29, 1.82) is 0 Å². The van der Waals surface area contributed by atoms with Crippen LogP contribution in [0.15, 0.2) is 41.6 Å². The quantitative estimate of drug-likeness (QED) is 0.607. The van der Waals surface area contributed by atoms with Crippen LogP contribution in [0.1, 0.15) is 18.9 Å². The monoisotopic (exact) mass is 337 g/mol. The molecule has 0 atom stereocenters. The summed E-state index contributed by atoms with van der Waals surface area (Å²) in [4.78, 5) is 4.09. The predicted molar refractivity (Wildman–Crippen MR) is 92.3 cm³/mol. The largest absolute Gasteiger partial charge is 0.497 e. The van der Waals surface area contributed by atoms with Gasteiger partial charge in [-0.2, -0.15) is 5.10 Å². The van der Waals surface area contributed by atoms with Gasteiger partial charge in [0.2, 0.25) is 0 Å². The molecule has 0 saturated carbocycles. The number of nitrogens with one attached hydrogen (secondary N) is 1. The Morgan fingerprint density at radius 1 is 1.27 bits per heavy atom. The van der Waals surface area contributed by atoms with Gasteiger partial charge in [0, 0.05) is 11.9 Å². The van der Waals surface area contributed by atoms with Gasteiger partial charge >= 0.3 is 0 Å². The average Bonchev–Trinajstić information content (AvgIpc) is 2.52. The lowest BCUT2D eigenvalue weighted by atomic mass is 10.1. The van der Waals surface area contributed by atoms with Crippen LogP contribution in [-0.4, -0.2) is 17.8 Å². The molecule has 4 nitrogen and oxygen atoms in total. The second-order valence-corrected chi connectivity index (χ2v) is 5.63. The van der Waals surface area contributed by atoms with Crippen LogP contribution in [-0.2, 0) is 6.42 Å². The maximum absolute atomic E-state index is 6.02. The van der Waals surface area contributed by atoms with E-state index in [1.807, 2.05) is 19.1 Å². The van der Waals surface area contributed by atoms with E-state index in [2.05, 4.69) is 27.6 Å². The normalized spacial score (nSPS) is 11.4. The fourth-order valence-corrected chi connectivity index (χ4v) is 2.24. The highest BCUT2D eigenvalue weighted by Crippen LogP contribution is 2.22. The molecular formula is C16H17Cl2N3O. The molecule has 1 aromatic heterocycles. The van der Waals surface area contributed by atoms with Crippen LogP contribution in [0.4, 0.5) is 5.82 Å². The Kier molecular flexibility index (Phi) is 6.04. The minimum atomic E-state index is 0.444. The summed E-state index contributed by atoms with van der Waals surface area (Å²) in [5.41, 5.74) is 5.06. The van der Waals surface area contributed by atoms with Gasteiger partial charge in [0.15, 0.2) is 5.82 Å². The van der Waals surface area contributed by atoms with Gasteiger partial charge in [-0.15, -0.1) is 0 Å². The lowest BCUT2D eigenvalue weighted by Gasteiger charge is -2.06. The summed E-state index contributed by atoms with van der Waals surface area (Å²) in [6, 6.07) is 9.64. The van der Waals surface area contributed by atoms with Crippen molar-refractivity contribution in [1.82, 2.24) is 4.98 Å². The number of nitrogens with zero attached hydrogens (tertiary/aromatic N) is 2. The van der Waals surface area contributed by atoms with Gasteiger partial charge in [-0.25, -0.2) is 4.98 Å². The molecule has 0 unspecified atom stereocenters. The third kappa shape index (κ3) is 4.90. The van der Waals surface area contributed by atoms with Crippen molar-refractivity contribution in [2.45, 2.75) is 19.8 Å². The van der Waals surface area contributed by atoms with Crippen molar-refractivity contribution < 1.29 is 4.74 Å². The summed E-state index contributed by atoms with van der Waals surface area (Å²) in [5.74, 6) is 1.36. The minimum Gasteiger partial charge on any atom is -0.497 e. The van der Waals surface area contributed by atoms with E-state index >= 15 is 0 Å². The first kappa shape index (κ1) is 16.6. The number of halogens is 2. The molecule has 116 valence electrons. The molecule has 0 amide bonds. The average molecular weight is 338 g/mol. The second-order valence-electron chi connectivity index (χ2n) is 4.79. The molecule has 0 saturated heterocycles. The topological polar surface area (TPSA) is 46.5 Å². The van der Waals surface area contributed by atoms with Crippen LogP contribution < -0.4 is 10.2 Å². The zero-order valence-corrected chi connectivity index (χ0v) is 13.9. The fraction of sp³-hybridized carbons (Fsp3) is 0.250. The number of benzene rings is 1. The van der Waals surface area contributed by atoms with Crippen LogP contribution in [0.25, 0.3) is 0 Å². The molecule has 1 aromatic carbocycles. The van der Waals surface area contributed by atoms with Gasteiger partial charge in [-0.1, -0.05) is 35.3 Å². The number of pyridine rings is 1. The van der Waals surface area contributed by atoms with Gasteiger partial charge in [0.1, 0.15) is 5.75 Å². The number of hydrogen-bond acceptors (Lipinski definition) is 4. The van der Waals surface area contributed by atoms with E-state index in [0.29, 0.717) is 15.9 Å². The van der Waals surface area contributed by atoms with Crippen LogP contribution >= 0.6 is 23.2 Å². The molecule has 0 radical (unpaired) electrons. The molecule has 22 heavy (non-hydrogen) atoms. The molecule has 0 bridgehead atoms. The standard InChI is InChI=1S/C16H17Cl2N3O/c1-11(3-4-12-5-7-14(22-2)8-6-12)20-21-16-15(18)9-13(17)10-19-16/h5-10H,3-4H2,1-2H3,(H,19,21)/b20-11-. The maximum Gasteiger partial charge on any atom is 0.165 e. The molecule has 2 aromatic rings. The number of ether oxygens (including phenoxy) is 1. The number of methoxy groups -OCH3 is 1. The number of hydrazone groups is 1. The predicted octanol–water partition coefficient (Wildman–Crippen LogP) is 4.82. The van der Waals surface area contributed by atoms with Gasteiger partial charge in [0.05, 0.1) is 17.2 Å². The maximum atomic E-state index is 6.02. The summed E-state index contributed by atoms with van der Waals surface area (Å²) in [7, 11) is 1.66. The first-order valence-corrected chi connectivity index (χ1v) is 7.57. The minimum absolute atomic E-state index is 0.444. The van der Waals surface area contributed by atoms with E-state index in [1.54, 1.807) is 13.2 Å². The Morgan fingerprint density at radius 2 is 2.00 bits per heavy atom. The summed E-state index contributed by atoms with van der Waals surface area (Å²) >= 11 is 11.8. The summed E-state index contributed by atoms with van der Waals surface area (Å²) in [6.07, 6.45) is 3.27. The van der Waals surface area contributed by atoms with Crippen LogP contribution in [0.2, 0.25) is 10.0 Å². The highest BCUT2D eigenvalue weighted by atomic mass is 35.5. The fourth-order valence-electron chi connectivity index (χ4n) is 1.82. The van der Waals surface area contributed by atoms with Gasteiger partial charge < -0.3 is 4.74 Å². The van der Waals surface area contributed by atoms with Crippen molar-refractivity contribution in [3.05, 3.63) is 52.1 Å². The molecule has 6 heteroatoms. The first-order chi connectivity index (χ1) is 10.6. The van der Waals surface area contributed by atoms with Gasteiger partial charge in [-0.3, -0.25) is 5.43 Å². The van der Waals surface area contributed by atoms with E-state index < -0.39 is 0 Å². The Hall–Kier alpha value is -1.78. The Bertz CT molecular complexity index is 657. The third-order valence-corrected chi connectivity index (χ3v) is 3.59. The number of rotatable bonds is 6. The molecule has 2 rings (SSSR count). The van der Waals surface area contributed by atoms with E-state index in [-0.39, 0.29) is 0 Å². The lowest BCUT2D eigenvalue weighted by Crippen LogP contribution is -2.01. The van der Waals surface area contributed by atoms with Crippen molar-refractivity contribution >= 4 is 34.7 Å². The number of aryl methyl sites for hydroxylation is 1. The molecule has 1 N–H and O–H groups in total. The van der Waals surface area contributed by atoms with Gasteiger partial charge in [0.25, 0.3) is 0 Å².